The molecule has 2 aromatic carbocycles. The number of methoxy groups -OCH3 is 1. The first-order valence-corrected chi connectivity index (χ1v) is 8.81. The van der Waals surface area contributed by atoms with E-state index in [9.17, 15) is 9.59 Å². The highest BCUT2D eigenvalue weighted by atomic mass is 35.5. The number of esters is 1. The molecule has 0 atom stereocenters. The third-order valence-electron chi connectivity index (χ3n) is 4.07. The monoisotopic (exact) mass is 399 g/mol. The van der Waals surface area contributed by atoms with Crippen LogP contribution in [0, 0.1) is 6.92 Å². The molecule has 144 valence electrons. The number of anilines is 1. The standard InChI is InChI=1S/C21H18ClNO5/c1-13-5-6-14(11-17(13)23-20(24)19-4-3-9-27-19)21(25)28-12-15-10-16(22)7-8-18(15)26-2/h3-11H,12H2,1-2H3,(H,23,24). The molecular formula is C21H18ClNO5. The summed E-state index contributed by atoms with van der Waals surface area (Å²) in [6.45, 7) is 1.83. The van der Waals surface area contributed by atoms with Crippen LogP contribution in [-0.2, 0) is 11.3 Å². The van der Waals surface area contributed by atoms with Crippen LogP contribution in [0.5, 0.6) is 5.75 Å². The average molecular weight is 400 g/mol. The number of benzene rings is 2. The van der Waals surface area contributed by atoms with E-state index in [4.69, 9.17) is 25.5 Å². The van der Waals surface area contributed by atoms with Gasteiger partial charge >= 0.3 is 5.97 Å². The van der Waals surface area contributed by atoms with Gasteiger partial charge in [0.05, 0.1) is 18.9 Å². The summed E-state index contributed by atoms with van der Waals surface area (Å²) in [5.74, 6) is -0.175. The van der Waals surface area contributed by atoms with Crippen LogP contribution < -0.4 is 10.1 Å². The first-order valence-electron chi connectivity index (χ1n) is 8.43. The molecule has 0 saturated carbocycles. The van der Waals surface area contributed by atoms with Crippen molar-refractivity contribution in [2.75, 3.05) is 12.4 Å². The predicted octanol–water partition coefficient (Wildman–Crippen LogP) is 4.86. The lowest BCUT2D eigenvalue weighted by atomic mass is 10.1. The number of carbonyl (C=O) groups excluding carboxylic acids is 2. The summed E-state index contributed by atoms with van der Waals surface area (Å²) >= 11 is 5.99. The minimum atomic E-state index is -0.532. The first-order chi connectivity index (χ1) is 13.5. The zero-order valence-electron chi connectivity index (χ0n) is 15.3. The van der Waals surface area contributed by atoms with E-state index in [0.29, 0.717) is 27.6 Å². The van der Waals surface area contributed by atoms with Crippen molar-refractivity contribution < 1.29 is 23.5 Å². The molecule has 0 radical (unpaired) electrons. The highest BCUT2D eigenvalue weighted by Crippen LogP contribution is 2.24. The smallest absolute Gasteiger partial charge is 0.338 e. The Labute approximate surface area is 167 Å². The molecule has 0 saturated heterocycles. The highest BCUT2D eigenvalue weighted by molar-refractivity contribution is 6.30. The van der Waals surface area contributed by atoms with Crippen LogP contribution in [0.25, 0.3) is 0 Å². The molecule has 0 aliphatic heterocycles. The van der Waals surface area contributed by atoms with Crippen molar-refractivity contribution in [2.45, 2.75) is 13.5 Å². The number of hydrogen-bond donors (Lipinski definition) is 1. The van der Waals surface area contributed by atoms with Gasteiger partial charge in [-0.1, -0.05) is 17.7 Å². The summed E-state index contributed by atoms with van der Waals surface area (Å²) in [6, 6.07) is 13.2. The van der Waals surface area contributed by atoms with E-state index < -0.39 is 11.9 Å². The molecule has 0 aliphatic carbocycles. The van der Waals surface area contributed by atoms with Gasteiger partial charge in [-0.05, 0) is 55.0 Å². The molecule has 6 nitrogen and oxygen atoms in total. The van der Waals surface area contributed by atoms with Gasteiger partial charge in [0.25, 0.3) is 5.91 Å². The zero-order chi connectivity index (χ0) is 20.1. The molecular weight excluding hydrogens is 382 g/mol. The molecule has 3 aromatic rings. The van der Waals surface area contributed by atoms with E-state index in [2.05, 4.69) is 5.32 Å². The second-order valence-electron chi connectivity index (χ2n) is 5.99. The van der Waals surface area contributed by atoms with Crippen molar-refractivity contribution in [3.8, 4) is 5.75 Å². The minimum absolute atomic E-state index is 0.00449. The Kier molecular flexibility index (Phi) is 6.01. The van der Waals surface area contributed by atoms with Gasteiger partial charge in [-0.15, -0.1) is 0 Å². The van der Waals surface area contributed by atoms with Crippen molar-refractivity contribution in [3.63, 3.8) is 0 Å². The molecule has 28 heavy (non-hydrogen) atoms. The molecule has 1 amide bonds. The predicted molar refractivity (Wildman–Crippen MR) is 105 cm³/mol. The fourth-order valence-electron chi connectivity index (χ4n) is 2.56. The van der Waals surface area contributed by atoms with Crippen LogP contribution in [-0.4, -0.2) is 19.0 Å². The number of rotatable bonds is 6. The van der Waals surface area contributed by atoms with Crippen LogP contribution in [0.4, 0.5) is 5.69 Å². The Morgan fingerprint density at radius 2 is 1.96 bits per heavy atom. The molecule has 0 fully saturated rings. The van der Waals surface area contributed by atoms with Gasteiger partial charge in [0.2, 0.25) is 0 Å². The van der Waals surface area contributed by atoms with Crippen LogP contribution in [0.1, 0.15) is 32.0 Å². The van der Waals surface area contributed by atoms with Crippen LogP contribution in [0.3, 0.4) is 0 Å². The lowest BCUT2D eigenvalue weighted by Crippen LogP contribution is -2.13. The lowest BCUT2D eigenvalue weighted by molar-refractivity contribution is 0.0470. The van der Waals surface area contributed by atoms with Crippen molar-refractivity contribution >= 4 is 29.2 Å². The fourth-order valence-corrected chi connectivity index (χ4v) is 2.76. The molecule has 1 aromatic heterocycles. The number of ether oxygens (including phenoxy) is 2. The maximum Gasteiger partial charge on any atom is 0.338 e. The van der Waals surface area contributed by atoms with Gasteiger partial charge in [0.15, 0.2) is 5.76 Å². The molecule has 7 heteroatoms. The third kappa shape index (κ3) is 4.53. The van der Waals surface area contributed by atoms with Crippen molar-refractivity contribution in [1.29, 1.82) is 0 Å². The maximum atomic E-state index is 12.5. The Morgan fingerprint density at radius 1 is 1.14 bits per heavy atom. The molecule has 0 unspecified atom stereocenters. The highest BCUT2D eigenvalue weighted by Gasteiger charge is 2.15. The SMILES string of the molecule is COc1ccc(Cl)cc1COC(=O)c1ccc(C)c(NC(=O)c2ccco2)c1. The Bertz CT molecular complexity index is 998. The Balaban J connectivity index is 1.72. The topological polar surface area (TPSA) is 77.8 Å². The van der Waals surface area contributed by atoms with Gasteiger partial charge < -0.3 is 19.2 Å². The van der Waals surface area contributed by atoms with Crippen LogP contribution in [0.2, 0.25) is 5.02 Å². The van der Waals surface area contributed by atoms with E-state index in [0.717, 1.165) is 5.56 Å². The molecule has 0 aliphatic rings. The second-order valence-corrected chi connectivity index (χ2v) is 6.43. The molecule has 3 rings (SSSR count). The molecule has 1 N–H and O–H groups in total. The van der Waals surface area contributed by atoms with E-state index in [1.807, 2.05) is 6.92 Å². The van der Waals surface area contributed by atoms with Crippen molar-refractivity contribution in [1.82, 2.24) is 0 Å². The molecule has 1 heterocycles. The first kappa shape index (κ1) is 19.5. The zero-order valence-corrected chi connectivity index (χ0v) is 16.1. The lowest BCUT2D eigenvalue weighted by Gasteiger charge is -2.12. The van der Waals surface area contributed by atoms with Gasteiger partial charge in [-0.3, -0.25) is 4.79 Å². The molecule has 0 bridgehead atoms. The quantitative estimate of drug-likeness (QED) is 0.599. The summed E-state index contributed by atoms with van der Waals surface area (Å²) < 4.78 is 15.7. The minimum Gasteiger partial charge on any atom is -0.496 e. The summed E-state index contributed by atoms with van der Waals surface area (Å²) in [5, 5.41) is 3.25. The van der Waals surface area contributed by atoms with Crippen molar-refractivity contribution in [3.05, 3.63) is 82.3 Å². The largest absolute Gasteiger partial charge is 0.496 e. The molecule has 0 spiro atoms. The van der Waals surface area contributed by atoms with Crippen LogP contribution >= 0.6 is 11.6 Å². The Hall–Kier alpha value is -3.25. The van der Waals surface area contributed by atoms with Gasteiger partial charge in [-0.25, -0.2) is 4.79 Å². The number of aryl methyl sites for hydroxylation is 1. The van der Waals surface area contributed by atoms with Gasteiger partial charge in [0, 0.05) is 16.3 Å². The summed E-state index contributed by atoms with van der Waals surface area (Å²) in [4.78, 5) is 24.6. The van der Waals surface area contributed by atoms with E-state index >= 15 is 0 Å². The van der Waals surface area contributed by atoms with E-state index in [1.165, 1.54) is 13.4 Å². The Morgan fingerprint density at radius 3 is 2.68 bits per heavy atom. The normalized spacial score (nSPS) is 10.4. The summed E-state index contributed by atoms with van der Waals surface area (Å²) in [6.07, 6.45) is 1.42. The van der Waals surface area contributed by atoms with Gasteiger partial charge in [-0.2, -0.15) is 0 Å². The third-order valence-corrected chi connectivity index (χ3v) is 4.30. The van der Waals surface area contributed by atoms with Crippen LogP contribution in [0.15, 0.2) is 59.2 Å². The summed E-state index contributed by atoms with van der Waals surface area (Å²) in [7, 11) is 1.53. The fraction of sp³-hybridized carbons (Fsp3) is 0.143. The average Bonchev–Trinajstić information content (AvgIpc) is 3.23. The maximum absolute atomic E-state index is 12.5. The summed E-state index contributed by atoms with van der Waals surface area (Å²) in [5.41, 5.74) is 2.26. The van der Waals surface area contributed by atoms with Gasteiger partial charge in [0.1, 0.15) is 12.4 Å². The number of hydrogen-bond acceptors (Lipinski definition) is 5. The number of carbonyl (C=O) groups is 2. The van der Waals surface area contributed by atoms with E-state index in [-0.39, 0.29) is 12.4 Å². The number of halogens is 1. The number of nitrogens with one attached hydrogen (secondary N) is 1. The second kappa shape index (κ2) is 8.63. The number of furan rings is 1. The number of amides is 1. The van der Waals surface area contributed by atoms with Crippen molar-refractivity contribution in [2.24, 2.45) is 0 Å². The van der Waals surface area contributed by atoms with E-state index in [1.54, 1.807) is 48.5 Å².